The molecule has 4 heteroatoms. The Bertz CT molecular complexity index is 963. The molecule has 0 aliphatic heterocycles. The molecule has 0 atom stereocenters. The number of ether oxygens (including phenoxy) is 1. The van der Waals surface area contributed by atoms with Crippen LogP contribution in [-0.2, 0) is 0 Å². The number of nitrogens with zero attached hydrogens (tertiary/aromatic N) is 1. The van der Waals surface area contributed by atoms with Crippen molar-refractivity contribution in [1.82, 2.24) is 4.98 Å². The van der Waals surface area contributed by atoms with E-state index < -0.39 is 0 Å². The molecule has 0 aliphatic carbocycles. The van der Waals surface area contributed by atoms with Gasteiger partial charge < -0.3 is 10.1 Å². The van der Waals surface area contributed by atoms with E-state index >= 15 is 0 Å². The first-order chi connectivity index (χ1) is 11.3. The fourth-order valence-corrected chi connectivity index (χ4v) is 3.63. The van der Waals surface area contributed by atoms with Gasteiger partial charge >= 0.3 is 0 Å². The molecular weight excluding hydrogens is 304 g/mol. The summed E-state index contributed by atoms with van der Waals surface area (Å²) in [6, 6.07) is 20.5. The minimum atomic E-state index is 0.656. The largest absolute Gasteiger partial charge is 0.493 e. The molecule has 0 amide bonds. The topological polar surface area (TPSA) is 34.1 Å². The number of hydrogen-bond donors (Lipinski definition) is 1. The fraction of sp³-hybridized carbons (Fsp3) is 0.105. The molecule has 3 nitrogen and oxygen atoms in total. The third-order valence-corrected chi connectivity index (χ3v) is 4.61. The summed E-state index contributed by atoms with van der Waals surface area (Å²) < 4.78 is 6.94. The van der Waals surface area contributed by atoms with Crippen LogP contribution in [0.1, 0.15) is 6.92 Å². The molecule has 1 N–H and O–H groups in total. The van der Waals surface area contributed by atoms with E-state index in [9.17, 15) is 0 Å². The minimum absolute atomic E-state index is 0.656. The van der Waals surface area contributed by atoms with E-state index in [-0.39, 0.29) is 0 Å². The van der Waals surface area contributed by atoms with Crippen LogP contribution in [0.5, 0.6) is 5.75 Å². The SMILES string of the molecule is CCOc1cc2sc(Nc3ccccc3)nc2c2ccccc12. The highest BCUT2D eigenvalue weighted by atomic mass is 32.1. The van der Waals surface area contributed by atoms with E-state index in [1.165, 1.54) is 0 Å². The summed E-state index contributed by atoms with van der Waals surface area (Å²) in [5.41, 5.74) is 2.06. The summed E-state index contributed by atoms with van der Waals surface area (Å²) >= 11 is 1.64. The number of thiazole rings is 1. The normalized spacial score (nSPS) is 11.0. The second kappa shape index (κ2) is 5.89. The predicted molar refractivity (Wildman–Crippen MR) is 98.0 cm³/mol. The standard InChI is InChI=1S/C19H16N2OS/c1-2-22-16-12-17-18(15-11-7-6-10-14(15)16)21-19(23-17)20-13-8-4-3-5-9-13/h3-12H,2H2,1H3,(H,20,21). The van der Waals surface area contributed by atoms with Crippen molar-refractivity contribution in [3.8, 4) is 5.75 Å². The highest BCUT2D eigenvalue weighted by Crippen LogP contribution is 2.38. The number of rotatable bonds is 4. The Hall–Kier alpha value is -2.59. The molecule has 1 heterocycles. The number of benzene rings is 3. The molecule has 114 valence electrons. The van der Waals surface area contributed by atoms with Crippen molar-refractivity contribution >= 4 is 43.1 Å². The van der Waals surface area contributed by atoms with Gasteiger partial charge in [0.2, 0.25) is 0 Å². The Morgan fingerprint density at radius 3 is 2.52 bits per heavy atom. The summed E-state index contributed by atoms with van der Waals surface area (Å²) in [6.07, 6.45) is 0. The van der Waals surface area contributed by atoms with E-state index in [4.69, 9.17) is 9.72 Å². The van der Waals surface area contributed by atoms with Gasteiger partial charge in [-0.15, -0.1) is 0 Å². The van der Waals surface area contributed by atoms with Crippen LogP contribution in [0.4, 0.5) is 10.8 Å². The van der Waals surface area contributed by atoms with Crippen LogP contribution in [0.25, 0.3) is 21.0 Å². The van der Waals surface area contributed by atoms with Crippen molar-refractivity contribution in [3.63, 3.8) is 0 Å². The first-order valence-corrected chi connectivity index (χ1v) is 8.44. The molecule has 0 radical (unpaired) electrons. The summed E-state index contributed by atoms with van der Waals surface area (Å²) in [4.78, 5) is 4.79. The van der Waals surface area contributed by atoms with Gasteiger partial charge in [0.05, 0.1) is 16.8 Å². The molecule has 23 heavy (non-hydrogen) atoms. The van der Waals surface area contributed by atoms with Crippen molar-refractivity contribution < 1.29 is 4.74 Å². The van der Waals surface area contributed by atoms with Crippen molar-refractivity contribution in [2.45, 2.75) is 6.92 Å². The van der Waals surface area contributed by atoms with Gasteiger partial charge in [0.15, 0.2) is 5.13 Å². The third-order valence-electron chi connectivity index (χ3n) is 3.69. The monoisotopic (exact) mass is 320 g/mol. The Morgan fingerprint density at radius 1 is 1.00 bits per heavy atom. The van der Waals surface area contributed by atoms with Crippen molar-refractivity contribution in [2.75, 3.05) is 11.9 Å². The van der Waals surface area contributed by atoms with E-state index in [1.54, 1.807) is 11.3 Å². The molecule has 0 spiro atoms. The van der Waals surface area contributed by atoms with Crippen LogP contribution in [0.15, 0.2) is 60.7 Å². The Morgan fingerprint density at radius 2 is 1.74 bits per heavy atom. The zero-order valence-electron chi connectivity index (χ0n) is 12.7. The number of hydrogen-bond acceptors (Lipinski definition) is 4. The fourth-order valence-electron chi connectivity index (χ4n) is 2.70. The average Bonchev–Trinajstić information content (AvgIpc) is 2.99. The molecule has 3 aromatic carbocycles. The second-order valence-electron chi connectivity index (χ2n) is 5.21. The summed E-state index contributed by atoms with van der Waals surface area (Å²) in [6.45, 7) is 2.66. The lowest BCUT2D eigenvalue weighted by atomic mass is 10.1. The smallest absolute Gasteiger partial charge is 0.188 e. The van der Waals surface area contributed by atoms with Crippen LogP contribution >= 0.6 is 11.3 Å². The Labute approximate surface area is 138 Å². The van der Waals surface area contributed by atoms with Crippen LogP contribution in [0.2, 0.25) is 0 Å². The van der Waals surface area contributed by atoms with Crippen molar-refractivity contribution in [3.05, 3.63) is 60.7 Å². The van der Waals surface area contributed by atoms with Gasteiger partial charge in [-0.3, -0.25) is 0 Å². The lowest BCUT2D eigenvalue weighted by Crippen LogP contribution is -1.92. The van der Waals surface area contributed by atoms with Gasteiger partial charge in [-0.25, -0.2) is 4.98 Å². The quantitative estimate of drug-likeness (QED) is 0.532. The lowest BCUT2D eigenvalue weighted by Gasteiger charge is -2.07. The zero-order chi connectivity index (χ0) is 15.6. The summed E-state index contributed by atoms with van der Waals surface area (Å²) in [5.74, 6) is 0.922. The van der Waals surface area contributed by atoms with Crippen LogP contribution in [0, 0.1) is 0 Å². The lowest BCUT2D eigenvalue weighted by molar-refractivity contribution is 0.345. The maximum atomic E-state index is 5.81. The van der Waals surface area contributed by atoms with E-state index in [0.717, 1.165) is 37.6 Å². The van der Waals surface area contributed by atoms with Crippen LogP contribution in [-0.4, -0.2) is 11.6 Å². The number of anilines is 2. The first kappa shape index (κ1) is 14.0. The highest BCUT2D eigenvalue weighted by molar-refractivity contribution is 7.22. The van der Waals surface area contributed by atoms with E-state index in [0.29, 0.717) is 6.61 Å². The molecule has 0 unspecified atom stereocenters. The van der Waals surface area contributed by atoms with Crippen molar-refractivity contribution in [1.29, 1.82) is 0 Å². The number of para-hydroxylation sites is 1. The van der Waals surface area contributed by atoms with Gasteiger partial charge in [-0.05, 0) is 19.1 Å². The molecule has 1 aromatic heterocycles. The first-order valence-electron chi connectivity index (χ1n) is 7.62. The summed E-state index contributed by atoms with van der Waals surface area (Å²) in [5, 5.41) is 6.51. The van der Waals surface area contributed by atoms with Gasteiger partial charge in [-0.1, -0.05) is 53.8 Å². The maximum absolute atomic E-state index is 5.81. The van der Waals surface area contributed by atoms with Gasteiger partial charge in [0.1, 0.15) is 5.75 Å². The molecule has 0 aliphatic rings. The Balaban J connectivity index is 1.86. The molecule has 0 saturated carbocycles. The van der Waals surface area contributed by atoms with E-state index in [2.05, 4.69) is 23.5 Å². The van der Waals surface area contributed by atoms with E-state index in [1.807, 2.05) is 49.4 Å². The van der Waals surface area contributed by atoms with Crippen LogP contribution < -0.4 is 10.1 Å². The predicted octanol–water partition coefficient (Wildman–Crippen LogP) is 5.59. The van der Waals surface area contributed by atoms with Crippen molar-refractivity contribution in [2.24, 2.45) is 0 Å². The minimum Gasteiger partial charge on any atom is -0.493 e. The number of aromatic nitrogens is 1. The molecule has 4 aromatic rings. The maximum Gasteiger partial charge on any atom is 0.188 e. The molecule has 0 saturated heterocycles. The van der Waals surface area contributed by atoms with Crippen LogP contribution in [0.3, 0.4) is 0 Å². The third kappa shape index (κ3) is 2.62. The molecule has 0 fully saturated rings. The zero-order valence-corrected chi connectivity index (χ0v) is 13.6. The molecular formula is C19H16N2OS. The summed E-state index contributed by atoms with van der Waals surface area (Å²) in [7, 11) is 0. The second-order valence-corrected chi connectivity index (χ2v) is 6.24. The highest BCUT2D eigenvalue weighted by Gasteiger charge is 2.12. The number of fused-ring (bicyclic) bond motifs is 3. The van der Waals surface area contributed by atoms with Gasteiger partial charge in [0.25, 0.3) is 0 Å². The average molecular weight is 320 g/mol. The number of nitrogens with one attached hydrogen (secondary N) is 1. The van der Waals surface area contributed by atoms with Gasteiger partial charge in [-0.2, -0.15) is 0 Å². The molecule has 4 rings (SSSR count). The molecule has 0 bridgehead atoms. The van der Waals surface area contributed by atoms with Gasteiger partial charge in [0, 0.05) is 22.5 Å². The Kier molecular flexibility index (Phi) is 3.60.